The van der Waals surface area contributed by atoms with Gasteiger partial charge in [-0.3, -0.25) is 0 Å². The number of nitrogens with zero attached hydrogens (tertiary/aromatic N) is 1. The summed E-state index contributed by atoms with van der Waals surface area (Å²) in [5.74, 6) is -0.309. The van der Waals surface area contributed by atoms with Crippen molar-refractivity contribution in [2.45, 2.75) is 0 Å². The lowest BCUT2D eigenvalue weighted by atomic mass is 10.1. The molecule has 0 unspecified atom stereocenters. The maximum absolute atomic E-state index is 11.7. The molecule has 0 atom stereocenters. The molecule has 0 saturated heterocycles. The van der Waals surface area contributed by atoms with Gasteiger partial charge in [-0.15, -0.1) is 0 Å². The zero-order valence-electron chi connectivity index (χ0n) is 10.5. The molecule has 0 aliphatic heterocycles. The van der Waals surface area contributed by atoms with Crippen molar-refractivity contribution in [2.24, 2.45) is 0 Å². The molecule has 0 N–H and O–H groups in total. The summed E-state index contributed by atoms with van der Waals surface area (Å²) < 4.78 is 6.87. The highest BCUT2D eigenvalue weighted by Crippen LogP contribution is 2.24. The van der Waals surface area contributed by atoms with Crippen LogP contribution in [0, 0.1) is 0 Å². The molecule has 0 spiro atoms. The highest BCUT2D eigenvalue weighted by molar-refractivity contribution is 6.04. The molecule has 0 amide bonds. The van der Waals surface area contributed by atoms with Crippen molar-refractivity contribution < 1.29 is 9.53 Å². The predicted molar refractivity (Wildman–Crippen MR) is 74.6 cm³/mol. The molecule has 3 heteroatoms. The molecule has 0 bridgehead atoms. The Kier molecular flexibility index (Phi) is 2.80. The van der Waals surface area contributed by atoms with Crippen LogP contribution in [0.1, 0.15) is 10.4 Å². The van der Waals surface area contributed by atoms with Crippen LogP contribution in [0.3, 0.4) is 0 Å². The fourth-order valence-corrected chi connectivity index (χ4v) is 2.27. The highest BCUT2D eigenvalue weighted by atomic mass is 16.5. The van der Waals surface area contributed by atoms with Crippen LogP contribution in [-0.2, 0) is 4.74 Å². The van der Waals surface area contributed by atoms with Crippen LogP contribution in [0.4, 0.5) is 0 Å². The molecule has 1 aromatic heterocycles. The second kappa shape index (κ2) is 4.61. The van der Waals surface area contributed by atoms with E-state index in [-0.39, 0.29) is 5.97 Å². The van der Waals surface area contributed by atoms with Crippen LogP contribution in [0.2, 0.25) is 0 Å². The first-order valence-electron chi connectivity index (χ1n) is 6.05. The van der Waals surface area contributed by atoms with Crippen molar-refractivity contribution >= 4 is 16.9 Å². The molecule has 3 nitrogen and oxygen atoms in total. The summed E-state index contributed by atoms with van der Waals surface area (Å²) in [6, 6.07) is 17.6. The van der Waals surface area contributed by atoms with Crippen molar-refractivity contribution in [2.75, 3.05) is 7.11 Å². The minimum Gasteiger partial charge on any atom is -0.465 e. The van der Waals surface area contributed by atoms with E-state index in [2.05, 4.69) is 4.57 Å². The lowest BCUT2D eigenvalue weighted by Crippen LogP contribution is -2.01. The van der Waals surface area contributed by atoms with Crippen LogP contribution >= 0.6 is 0 Å². The lowest BCUT2D eigenvalue weighted by molar-refractivity contribution is 0.0603. The van der Waals surface area contributed by atoms with Crippen LogP contribution in [0.25, 0.3) is 16.6 Å². The molecule has 2 aromatic carbocycles. The number of ether oxygens (including phenoxy) is 1. The van der Waals surface area contributed by atoms with Crippen LogP contribution in [0.15, 0.2) is 60.8 Å². The Bertz CT molecular complexity index is 729. The predicted octanol–water partition coefficient (Wildman–Crippen LogP) is 3.42. The van der Waals surface area contributed by atoms with Crippen LogP contribution < -0.4 is 0 Å². The summed E-state index contributed by atoms with van der Waals surface area (Å²) >= 11 is 0. The van der Waals surface area contributed by atoms with Crippen molar-refractivity contribution in [1.29, 1.82) is 0 Å². The van der Waals surface area contributed by atoms with E-state index in [0.717, 1.165) is 16.6 Å². The molecule has 19 heavy (non-hydrogen) atoms. The van der Waals surface area contributed by atoms with Gasteiger partial charge in [-0.1, -0.05) is 24.3 Å². The van der Waals surface area contributed by atoms with Gasteiger partial charge in [-0.25, -0.2) is 4.79 Å². The van der Waals surface area contributed by atoms with E-state index < -0.39 is 0 Å². The van der Waals surface area contributed by atoms with Gasteiger partial charge >= 0.3 is 5.97 Å². The van der Waals surface area contributed by atoms with Gasteiger partial charge in [0.2, 0.25) is 0 Å². The van der Waals surface area contributed by atoms with Gasteiger partial charge in [0.05, 0.1) is 18.2 Å². The molecule has 0 aliphatic carbocycles. The van der Waals surface area contributed by atoms with Gasteiger partial charge < -0.3 is 9.30 Å². The Morgan fingerprint density at radius 2 is 1.79 bits per heavy atom. The Labute approximate surface area is 111 Å². The normalized spacial score (nSPS) is 10.6. The zero-order chi connectivity index (χ0) is 13.2. The van der Waals surface area contributed by atoms with Gasteiger partial charge in [0.15, 0.2) is 0 Å². The van der Waals surface area contributed by atoms with E-state index in [1.54, 1.807) is 6.07 Å². The summed E-state index contributed by atoms with van der Waals surface area (Å²) in [7, 11) is 1.40. The third kappa shape index (κ3) is 1.89. The fourth-order valence-electron chi connectivity index (χ4n) is 2.27. The van der Waals surface area contributed by atoms with E-state index in [4.69, 9.17) is 4.74 Å². The van der Waals surface area contributed by atoms with E-state index in [9.17, 15) is 4.79 Å². The van der Waals surface area contributed by atoms with Crippen molar-refractivity contribution in [3.63, 3.8) is 0 Å². The first-order chi connectivity index (χ1) is 9.31. The SMILES string of the molecule is COC(=O)c1cccc2c1ccn2-c1ccccc1. The second-order valence-corrected chi connectivity index (χ2v) is 4.25. The largest absolute Gasteiger partial charge is 0.465 e. The number of rotatable bonds is 2. The second-order valence-electron chi connectivity index (χ2n) is 4.25. The Morgan fingerprint density at radius 1 is 1.00 bits per heavy atom. The van der Waals surface area contributed by atoms with E-state index in [1.165, 1.54) is 7.11 Å². The van der Waals surface area contributed by atoms with E-state index >= 15 is 0 Å². The van der Waals surface area contributed by atoms with E-state index in [1.807, 2.05) is 54.7 Å². The number of hydrogen-bond acceptors (Lipinski definition) is 2. The number of esters is 1. The van der Waals surface area contributed by atoms with Gasteiger partial charge in [-0.05, 0) is 30.3 Å². The zero-order valence-corrected chi connectivity index (χ0v) is 10.5. The summed E-state index contributed by atoms with van der Waals surface area (Å²) in [6.45, 7) is 0. The molecular formula is C16H13NO2. The molecule has 0 saturated carbocycles. The Balaban J connectivity index is 2.23. The van der Waals surface area contributed by atoms with Crippen LogP contribution in [0.5, 0.6) is 0 Å². The topological polar surface area (TPSA) is 31.2 Å². The maximum atomic E-state index is 11.7. The average molecular weight is 251 g/mol. The lowest BCUT2D eigenvalue weighted by Gasteiger charge is -2.06. The number of carbonyl (C=O) groups is 1. The third-order valence-corrected chi connectivity index (χ3v) is 3.17. The minimum atomic E-state index is -0.309. The van der Waals surface area contributed by atoms with Crippen LogP contribution in [-0.4, -0.2) is 17.6 Å². The standard InChI is InChI=1S/C16H13NO2/c1-19-16(18)14-8-5-9-15-13(14)10-11-17(15)12-6-3-2-4-7-12/h2-11H,1H3. The first kappa shape index (κ1) is 11.5. The number of benzene rings is 2. The third-order valence-electron chi connectivity index (χ3n) is 3.17. The molecule has 94 valence electrons. The Morgan fingerprint density at radius 3 is 2.53 bits per heavy atom. The Hall–Kier alpha value is -2.55. The quantitative estimate of drug-likeness (QED) is 0.653. The monoisotopic (exact) mass is 251 g/mol. The minimum absolute atomic E-state index is 0.309. The molecule has 0 radical (unpaired) electrons. The van der Waals surface area contributed by atoms with Gasteiger partial charge in [0.1, 0.15) is 0 Å². The average Bonchev–Trinajstić information content (AvgIpc) is 2.91. The number of carbonyl (C=O) groups excluding carboxylic acids is 1. The van der Waals surface area contributed by atoms with Gasteiger partial charge in [-0.2, -0.15) is 0 Å². The number of methoxy groups -OCH3 is 1. The molecule has 3 aromatic rings. The molecular weight excluding hydrogens is 238 g/mol. The molecule has 1 heterocycles. The summed E-state index contributed by atoms with van der Waals surface area (Å²) in [4.78, 5) is 11.7. The smallest absolute Gasteiger partial charge is 0.338 e. The van der Waals surface area contributed by atoms with Crippen molar-refractivity contribution in [1.82, 2.24) is 4.57 Å². The molecule has 0 fully saturated rings. The van der Waals surface area contributed by atoms with Crippen molar-refractivity contribution in [3.05, 3.63) is 66.4 Å². The van der Waals surface area contributed by atoms with Crippen molar-refractivity contribution in [3.8, 4) is 5.69 Å². The van der Waals surface area contributed by atoms with Gasteiger partial charge in [0, 0.05) is 17.3 Å². The summed E-state index contributed by atoms with van der Waals surface area (Å²) in [5.41, 5.74) is 2.66. The highest BCUT2D eigenvalue weighted by Gasteiger charge is 2.12. The maximum Gasteiger partial charge on any atom is 0.338 e. The number of hydrogen-bond donors (Lipinski definition) is 0. The molecule has 3 rings (SSSR count). The number of para-hydroxylation sites is 1. The van der Waals surface area contributed by atoms with E-state index in [0.29, 0.717) is 5.56 Å². The number of fused-ring (bicyclic) bond motifs is 1. The fraction of sp³-hybridized carbons (Fsp3) is 0.0625. The first-order valence-corrected chi connectivity index (χ1v) is 6.05. The number of aromatic nitrogens is 1. The molecule has 0 aliphatic rings. The van der Waals surface area contributed by atoms with Gasteiger partial charge in [0.25, 0.3) is 0 Å². The summed E-state index contributed by atoms with van der Waals surface area (Å²) in [5, 5.41) is 0.901. The summed E-state index contributed by atoms with van der Waals surface area (Å²) in [6.07, 6.45) is 1.96.